The van der Waals surface area contributed by atoms with Gasteiger partial charge in [0.05, 0.1) is 5.69 Å². The molecule has 0 saturated carbocycles. The molecule has 25 heavy (non-hydrogen) atoms. The van der Waals surface area contributed by atoms with Gasteiger partial charge in [-0.05, 0) is 13.5 Å². The third-order valence-electron chi connectivity index (χ3n) is 4.91. The summed E-state index contributed by atoms with van der Waals surface area (Å²) < 4.78 is 0. The first-order valence-corrected chi connectivity index (χ1v) is 9.66. The predicted molar refractivity (Wildman–Crippen MR) is 97.8 cm³/mol. The van der Waals surface area contributed by atoms with Crippen LogP contribution >= 0.6 is 11.3 Å². The number of amides is 2. The molecule has 1 aromatic heterocycles. The van der Waals surface area contributed by atoms with E-state index in [0.29, 0.717) is 24.4 Å². The van der Waals surface area contributed by atoms with Crippen LogP contribution in [0.5, 0.6) is 0 Å². The number of piperazine rings is 1. The maximum atomic E-state index is 13.0. The van der Waals surface area contributed by atoms with Crippen molar-refractivity contribution in [1.82, 2.24) is 25.0 Å². The van der Waals surface area contributed by atoms with E-state index in [0.717, 1.165) is 38.3 Å². The zero-order valence-electron chi connectivity index (χ0n) is 15.2. The highest BCUT2D eigenvalue weighted by Crippen LogP contribution is 2.26. The van der Waals surface area contributed by atoms with Gasteiger partial charge in [-0.3, -0.25) is 9.59 Å². The van der Waals surface area contributed by atoms with Crippen LogP contribution in [0, 0.1) is 0 Å². The van der Waals surface area contributed by atoms with Crippen LogP contribution in [0.15, 0.2) is 0 Å². The van der Waals surface area contributed by atoms with Gasteiger partial charge in [-0.25, -0.2) is 4.98 Å². The lowest BCUT2D eigenvalue weighted by atomic mass is 10.1. The first-order valence-electron chi connectivity index (χ1n) is 8.84. The number of thiazole rings is 1. The van der Waals surface area contributed by atoms with Crippen molar-refractivity contribution >= 4 is 23.2 Å². The maximum Gasteiger partial charge on any atom is 0.283 e. The van der Waals surface area contributed by atoms with Crippen molar-refractivity contribution in [3.63, 3.8) is 0 Å². The Bertz CT molecular complexity index is 645. The quantitative estimate of drug-likeness (QED) is 0.837. The number of hydrogen-bond donors (Lipinski definition) is 1. The van der Waals surface area contributed by atoms with Crippen LogP contribution in [0.1, 0.15) is 33.2 Å². The minimum atomic E-state index is 0.0193. The first-order chi connectivity index (χ1) is 12.0. The van der Waals surface area contributed by atoms with E-state index in [4.69, 9.17) is 0 Å². The van der Waals surface area contributed by atoms with Gasteiger partial charge in [0.2, 0.25) is 5.91 Å². The lowest BCUT2D eigenvalue weighted by molar-refractivity contribution is -0.129. The number of carbonyl (C=O) groups is 2. The van der Waals surface area contributed by atoms with E-state index in [2.05, 4.69) is 22.2 Å². The fourth-order valence-electron chi connectivity index (χ4n) is 3.34. The third kappa shape index (κ3) is 4.19. The summed E-state index contributed by atoms with van der Waals surface area (Å²) in [7, 11) is 5.63. The van der Waals surface area contributed by atoms with E-state index in [-0.39, 0.29) is 17.9 Å². The van der Waals surface area contributed by atoms with Crippen LogP contribution < -0.4 is 5.32 Å². The van der Waals surface area contributed by atoms with Crippen LogP contribution in [0.3, 0.4) is 0 Å². The topological polar surface area (TPSA) is 68.8 Å². The Morgan fingerprint density at radius 2 is 2.16 bits per heavy atom. The van der Waals surface area contributed by atoms with Crippen molar-refractivity contribution < 1.29 is 9.59 Å². The lowest BCUT2D eigenvalue weighted by Gasteiger charge is -2.35. The second-order valence-corrected chi connectivity index (χ2v) is 8.14. The van der Waals surface area contributed by atoms with Gasteiger partial charge in [-0.15, -0.1) is 11.3 Å². The summed E-state index contributed by atoms with van der Waals surface area (Å²) in [6, 6.07) is 0.0498. The molecule has 1 unspecified atom stereocenters. The SMILES string of the molecule is CN1CCc2nc(C(=O)N3CCNCC3CCC(=O)N(C)C)sc2C1. The maximum absolute atomic E-state index is 13.0. The zero-order chi connectivity index (χ0) is 18.0. The third-order valence-corrected chi connectivity index (χ3v) is 5.98. The smallest absolute Gasteiger partial charge is 0.283 e. The van der Waals surface area contributed by atoms with Crippen molar-refractivity contribution in [3.05, 3.63) is 15.6 Å². The number of likely N-dealkylation sites (N-methyl/N-ethyl adjacent to an activating group) is 1. The van der Waals surface area contributed by atoms with Gasteiger partial charge in [-0.1, -0.05) is 0 Å². The van der Waals surface area contributed by atoms with Gasteiger partial charge in [0, 0.05) is 70.6 Å². The van der Waals surface area contributed by atoms with Crippen LogP contribution in [-0.4, -0.2) is 84.9 Å². The van der Waals surface area contributed by atoms with E-state index in [1.807, 2.05) is 4.90 Å². The van der Waals surface area contributed by atoms with Crippen molar-refractivity contribution in [3.8, 4) is 0 Å². The van der Waals surface area contributed by atoms with E-state index in [1.165, 1.54) is 16.2 Å². The Morgan fingerprint density at radius 1 is 1.36 bits per heavy atom. The van der Waals surface area contributed by atoms with Crippen LogP contribution in [0.25, 0.3) is 0 Å². The molecular weight excluding hydrogens is 338 g/mol. The van der Waals surface area contributed by atoms with Crippen LogP contribution in [-0.2, 0) is 17.8 Å². The summed E-state index contributed by atoms with van der Waals surface area (Å²) in [5, 5.41) is 3.94. The van der Waals surface area contributed by atoms with Gasteiger partial charge in [0.25, 0.3) is 5.91 Å². The van der Waals surface area contributed by atoms with E-state index >= 15 is 0 Å². The van der Waals surface area contributed by atoms with Gasteiger partial charge >= 0.3 is 0 Å². The number of fused-ring (bicyclic) bond motifs is 1. The highest BCUT2D eigenvalue weighted by Gasteiger charge is 2.31. The number of rotatable bonds is 4. The Hall–Kier alpha value is -1.51. The molecule has 7 nitrogen and oxygen atoms in total. The van der Waals surface area contributed by atoms with E-state index in [9.17, 15) is 9.59 Å². The molecule has 1 atom stereocenters. The number of carbonyl (C=O) groups excluding carboxylic acids is 2. The first kappa shape index (κ1) is 18.3. The normalized spacial score (nSPS) is 21.1. The zero-order valence-corrected chi connectivity index (χ0v) is 16.1. The van der Waals surface area contributed by atoms with Gasteiger partial charge < -0.3 is 20.0 Å². The number of aromatic nitrogens is 1. The standard InChI is InChI=1S/C17H27N5O2S/c1-20(2)15(23)5-4-12-10-18-7-9-22(12)17(24)16-19-13-6-8-21(3)11-14(13)25-16/h12,18H,4-11H2,1-3H3. The fourth-order valence-corrected chi connectivity index (χ4v) is 4.48. The molecule has 3 heterocycles. The average Bonchev–Trinajstić information content (AvgIpc) is 3.02. The molecule has 0 radical (unpaired) electrons. The summed E-state index contributed by atoms with van der Waals surface area (Å²) in [5.74, 6) is 0.122. The largest absolute Gasteiger partial charge is 0.349 e. The molecular formula is C17H27N5O2S. The minimum absolute atomic E-state index is 0.0193. The highest BCUT2D eigenvalue weighted by molar-refractivity contribution is 7.13. The Morgan fingerprint density at radius 3 is 2.92 bits per heavy atom. The van der Waals surface area contributed by atoms with Gasteiger partial charge in [-0.2, -0.15) is 0 Å². The molecule has 3 rings (SSSR count). The van der Waals surface area contributed by atoms with Gasteiger partial charge in [0.15, 0.2) is 5.01 Å². The molecule has 0 aliphatic carbocycles. The molecule has 2 aliphatic rings. The molecule has 8 heteroatoms. The van der Waals surface area contributed by atoms with Crippen molar-refractivity contribution in [2.75, 3.05) is 47.3 Å². The summed E-state index contributed by atoms with van der Waals surface area (Å²) in [5.41, 5.74) is 1.08. The average molecular weight is 366 g/mol. The highest BCUT2D eigenvalue weighted by atomic mass is 32.1. The molecule has 0 spiro atoms. The molecule has 2 amide bonds. The number of nitrogens with zero attached hydrogens (tertiary/aromatic N) is 4. The second kappa shape index (κ2) is 7.80. The molecule has 0 bridgehead atoms. The van der Waals surface area contributed by atoms with Crippen LogP contribution in [0.2, 0.25) is 0 Å². The summed E-state index contributed by atoms with van der Waals surface area (Å²) in [6.45, 7) is 4.07. The van der Waals surface area contributed by atoms with E-state index in [1.54, 1.807) is 19.0 Å². The Labute approximate surface area is 153 Å². The Balaban J connectivity index is 1.69. The van der Waals surface area contributed by atoms with Crippen molar-refractivity contribution in [1.29, 1.82) is 0 Å². The van der Waals surface area contributed by atoms with Gasteiger partial charge in [0.1, 0.15) is 0 Å². The van der Waals surface area contributed by atoms with E-state index < -0.39 is 0 Å². The summed E-state index contributed by atoms with van der Waals surface area (Å²) in [6.07, 6.45) is 2.06. The summed E-state index contributed by atoms with van der Waals surface area (Å²) in [4.78, 5) is 36.5. The molecule has 1 aromatic rings. The second-order valence-electron chi connectivity index (χ2n) is 7.06. The molecule has 0 aromatic carbocycles. The predicted octanol–water partition coefficient (Wildman–Crippen LogP) is 0.413. The fraction of sp³-hybridized carbons (Fsp3) is 0.706. The lowest BCUT2D eigenvalue weighted by Crippen LogP contribution is -2.53. The van der Waals surface area contributed by atoms with Crippen molar-refractivity contribution in [2.45, 2.75) is 31.8 Å². The number of hydrogen-bond acceptors (Lipinski definition) is 6. The molecule has 1 saturated heterocycles. The Kier molecular flexibility index (Phi) is 5.71. The van der Waals surface area contributed by atoms with Crippen LogP contribution in [0.4, 0.5) is 0 Å². The molecule has 1 fully saturated rings. The molecule has 138 valence electrons. The summed E-state index contributed by atoms with van der Waals surface area (Å²) >= 11 is 1.53. The molecule has 1 N–H and O–H groups in total. The minimum Gasteiger partial charge on any atom is -0.349 e. The molecule has 2 aliphatic heterocycles. The number of nitrogens with one attached hydrogen (secondary N) is 1. The monoisotopic (exact) mass is 365 g/mol. The van der Waals surface area contributed by atoms with Crippen molar-refractivity contribution in [2.24, 2.45) is 0 Å².